The van der Waals surface area contributed by atoms with Crippen molar-refractivity contribution in [2.45, 2.75) is 74.6 Å². The van der Waals surface area contributed by atoms with Crippen LogP contribution in [0.1, 0.15) is 72.9 Å². The maximum Gasteiger partial charge on any atom is 0.331 e. The molecule has 11 heteroatoms. The van der Waals surface area contributed by atoms with Crippen LogP contribution in [0.3, 0.4) is 0 Å². The van der Waals surface area contributed by atoms with Gasteiger partial charge in [-0.05, 0) is 117 Å². The largest absolute Gasteiger partial charge is 0.490 e. The van der Waals surface area contributed by atoms with Crippen LogP contribution in [-0.2, 0) is 36.1 Å². The smallest absolute Gasteiger partial charge is 0.331 e. The van der Waals surface area contributed by atoms with Gasteiger partial charge in [-0.1, -0.05) is 29.8 Å². The molecule has 2 aromatic rings. The second-order valence-electron chi connectivity index (χ2n) is 14.0. The van der Waals surface area contributed by atoms with Crippen molar-refractivity contribution in [2.75, 3.05) is 38.3 Å². The van der Waals surface area contributed by atoms with Crippen LogP contribution in [0.5, 0.6) is 5.75 Å². The maximum absolute atomic E-state index is 13.6. The minimum Gasteiger partial charge on any atom is -0.490 e. The van der Waals surface area contributed by atoms with Gasteiger partial charge >= 0.3 is 5.97 Å². The lowest BCUT2D eigenvalue weighted by Crippen LogP contribution is -2.49. The Morgan fingerprint density at radius 3 is 2.70 bits per heavy atom. The third kappa shape index (κ3) is 6.65. The number of esters is 1. The van der Waals surface area contributed by atoms with Crippen molar-refractivity contribution < 1.29 is 32.2 Å². The lowest BCUT2D eigenvalue weighted by molar-refractivity contribution is -0.149. The molecule has 1 N–H and O–H groups in total. The summed E-state index contributed by atoms with van der Waals surface area (Å²) in [6, 6.07) is 11.4. The van der Waals surface area contributed by atoms with E-state index in [0.717, 1.165) is 55.7 Å². The first-order chi connectivity index (χ1) is 22.7. The van der Waals surface area contributed by atoms with E-state index < -0.39 is 27.1 Å². The zero-order valence-electron chi connectivity index (χ0n) is 26.8. The van der Waals surface area contributed by atoms with E-state index in [1.54, 1.807) is 18.2 Å². The van der Waals surface area contributed by atoms with Gasteiger partial charge < -0.3 is 19.1 Å². The van der Waals surface area contributed by atoms with Crippen molar-refractivity contribution in [3.05, 3.63) is 70.3 Å². The summed E-state index contributed by atoms with van der Waals surface area (Å²) in [5.74, 6) is 0.100. The van der Waals surface area contributed by atoms with Gasteiger partial charge in [-0.2, -0.15) is 0 Å². The Morgan fingerprint density at radius 2 is 1.94 bits per heavy atom. The molecule has 1 amide bonds. The second kappa shape index (κ2) is 13.1. The predicted molar refractivity (Wildman–Crippen MR) is 179 cm³/mol. The van der Waals surface area contributed by atoms with Crippen LogP contribution < -0.4 is 14.4 Å². The van der Waals surface area contributed by atoms with Crippen molar-refractivity contribution in [3.63, 3.8) is 0 Å². The fourth-order valence-electron chi connectivity index (χ4n) is 8.20. The maximum atomic E-state index is 13.6. The number of fused-ring (bicyclic) bond motifs is 4. The average Bonchev–Trinajstić information content (AvgIpc) is 3.89. The van der Waals surface area contributed by atoms with Crippen LogP contribution in [0.4, 0.5) is 5.69 Å². The Morgan fingerprint density at radius 1 is 1.11 bits per heavy atom. The van der Waals surface area contributed by atoms with Crippen molar-refractivity contribution in [1.29, 1.82) is 0 Å². The summed E-state index contributed by atoms with van der Waals surface area (Å²) in [4.78, 5) is 28.0. The number of anilines is 1. The van der Waals surface area contributed by atoms with Crippen molar-refractivity contribution in [2.24, 2.45) is 17.8 Å². The number of nitrogens with one attached hydrogen (secondary N) is 1. The molecule has 9 nitrogen and oxygen atoms in total. The number of ether oxygens (including phenoxy) is 3. The first-order valence-electron chi connectivity index (χ1n) is 16.9. The van der Waals surface area contributed by atoms with E-state index in [4.69, 9.17) is 25.8 Å². The zero-order valence-corrected chi connectivity index (χ0v) is 28.4. The fraction of sp³-hybridized carbons (Fsp3) is 0.556. The lowest BCUT2D eigenvalue weighted by atomic mass is 9.68. The summed E-state index contributed by atoms with van der Waals surface area (Å²) >= 11 is 6.43. The molecule has 2 bridgehead atoms. The van der Waals surface area contributed by atoms with Crippen LogP contribution in [0, 0.1) is 17.8 Å². The first-order valence-corrected chi connectivity index (χ1v) is 18.8. The minimum atomic E-state index is -3.91. The Bertz CT molecular complexity index is 1680. The van der Waals surface area contributed by atoms with Crippen LogP contribution in [0.15, 0.2) is 48.6 Å². The molecule has 47 heavy (non-hydrogen) atoms. The van der Waals surface area contributed by atoms with Crippen LogP contribution in [0.25, 0.3) is 0 Å². The van der Waals surface area contributed by atoms with Crippen LogP contribution in [-0.4, -0.2) is 65.1 Å². The molecule has 5 aliphatic rings. The molecule has 252 valence electrons. The van der Waals surface area contributed by atoms with Crippen molar-refractivity contribution in [1.82, 2.24) is 4.72 Å². The third-order valence-corrected chi connectivity index (χ3v) is 13.1. The number of rotatable bonds is 4. The van der Waals surface area contributed by atoms with Crippen LogP contribution in [0.2, 0.25) is 5.02 Å². The molecule has 0 aromatic heterocycles. The summed E-state index contributed by atoms with van der Waals surface area (Å²) in [6.07, 6.45) is 11.1. The Hall–Kier alpha value is -3.08. The predicted octanol–water partition coefficient (Wildman–Crippen LogP) is 5.59. The first kappa shape index (κ1) is 32.5. The van der Waals surface area contributed by atoms with Gasteiger partial charge in [-0.15, -0.1) is 0 Å². The molecular weight excluding hydrogens is 640 g/mol. The number of methoxy groups -OCH3 is 1. The fourth-order valence-corrected chi connectivity index (χ4v) is 10.2. The van der Waals surface area contributed by atoms with E-state index in [-0.39, 0.29) is 35.9 Å². The number of hydrogen-bond donors (Lipinski definition) is 1. The molecule has 2 fully saturated rings. The highest BCUT2D eigenvalue weighted by molar-refractivity contribution is 7.90. The highest BCUT2D eigenvalue weighted by atomic mass is 35.5. The number of sulfonamides is 1. The number of benzene rings is 2. The normalized spacial score (nSPS) is 30.9. The molecular formula is C36H43ClN2O7S. The monoisotopic (exact) mass is 682 g/mol. The molecule has 2 heterocycles. The van der Waals surface area contributed by atoms with Gasteiger partial charge in [0, 0.05) is 29.1 Å². The van der Waals surface area contributed by atoms with E-state index in [2.05, 4.69) is 21.8 Å². The number of carbonyl (C=O) groups is 2. The SMILES string of the molecule is COC(=O)CO[C@H]1/C=C\CC[C@@H](C2CC2)S(=O)(=O)NC(=O)c2ccc3c(c2)N(C[C@@H]2CC[C@H]21)C[C@@]1(CCCc2cc(Cl)ccc21)CO3. The summed E-state index contributed by atoms with van der Waals surface area (Å²) in [5, 5.41) is 0.0665. The summed E-state index contributed by atoms with van der Waals surface area (Å²) in [5.41, 5.74) is 3.27. The van der Waals surface area contributed by atoms with Gasteiger partial charge in [0.1, 0.15) is 12.4 Å². The molecule has 7 rings (SSSR count). The summed E-state index contributed by atoms with van der Waals surface area (Å²) in [6.45, 7) is 1.71. The molecule has 3 aliphatic carbocycles. The van der Waals surface area contributed by atoms with Gasteiger partial charge in [0.25, 0.3) is 5.91 Å². The van der Waals surface area contributed by atoms with E-state index in [1.807, 2.05) is 18.2 Å². The highest BCUT2D eigenvalue weighted by Gasteiger charge is 2.45. The molecule has 5 atom stereocenters. The number of halogens is 1. The third-order valence-electron chi connectivity index (χ3n) is 11.0. The number of nitrogens with zero attached hydrogens (tertiary/aromatic N) is 1. The van der Waals surface area contributed by atoms with Crippen LogP contribution >= 0.6 is 11.6 Å². The number of carbonyl (C=O) groups excluding carboxylic acids is 2. The molecule has 2 aromatic carbocycles. The molecule has 2 aliphatic heterocycles. The van der Waals surface area contributed by atoms with Crippen molar-refractivity contribution in [3.8, 4) is 5.75 Å². The van der Waals surface area contributed by atoms with Gasteiger partial charge in [0.2, 0.25) is 10.0 Å². The van der Waals surface area contributed by atoms with Gasteiger partial charge in [0.05, 0.1) is 30.8 Å². The molecule has 0 saturated heterocycles. The summed E-state index contributed by atoms with van der Waals surface area (Å²) < 4.78 is 47.2. The Balaban J connectivity index is 1.28. The number of allylic oxidation sites excluding steroid dienone is 1. The molecule has 0 radical (unpaired) electrons. The standard InChI is InChI=1S/C36H43ClN2O7S/c1-44-34(40)20-45-31-6-2-3-7-33(23-8-9-23)47(42,43)38-35(41)25-11-15-32-30(18-25)39(19-26-10-13-28(26)31)21-36(22-46-32)16-4-5-24-17-27(37)12-14-29(24)36/h2,6,11-12,14-15,17-18,23,26,28,31,33H,3-5,7-10,13,16,19-22H2,1H3,(H,38,41)/b6-2-/t26-,28+,31-,33-,36-/m0/s1. The molecule has 1 spiro atoms. The number of hydrogen-bond acceptors (Lipinski definition) is 8. The topological polar surface area (TPSA) is 111 Å². The van der Waals surface area contributed by atoms with Gasteiger partial charge in [-0.25, -0.2) is 17.9 Å². The highest BCUT2D eigenvalue weighted by Crippen LogP contribution is 2.47. The lowest BCUT2D eigenvalue weighted by Gasteiger charge is -2.46. The second-order valence-corrected chi connectivity index (χ2v) is 16.3. The Labute approximate surface area is 282 Å². The van der Waals surface area contributed by atoms with E-state index in [0.29, 0.717) is 43.9 Å². The van der Waals surface area contributed by atoms with Crippen molar-refractivity contribution >= 4 is 39.2 Å². The summed E-state index contributed by atoms with van der Waals surface area (Å²) in [7, 11) is -2.56. The minimum absolute atomic E-state index is 0.0374. The number of aryl methyl sites for hydroxylation is 1. The Kier molecular flexibility index (Phi) is 9.04. The number of amides is 1. The van der Waals surface area contributed by atoms with E-state index in [1.165, 1.54) is 18.2 Å². The quantitative estimate of drug-likeness (QED) is 0.329. The van der Waals surface area contributed by atoms with E-state index in [9.17, 15) is 18.0 Å². The molecule has 2 saturated carbocycles. The van der Waals surface area contributed by atoms with Gasteiger partial charge in [0.15, 0.2) is 0 Å². The van der Waals surface area contributed by atoms with E-state index >= 15 is 0 Å². The van der Waals surface area contributed by atoms with Gasteiger partial charge in [-0.3, -0.25) is 4.79 Å². The average molecular weight is 683 g/mol. The zero-order chi connectivity index (χ0) is 32.8. The molecule has 0 unspecified atom stereocenters.